The van der Waals surface area contributed by atoms with E-state index in [4.69, 9.17) is 9.47 Å². The molecule has 27 heavy (non-hydrogen) atoms. The molecule has 0 spiro atoms. The van der Waals surface area contributed by atoms with Crippen LogP contribution in [-0.4, -0.2) is 56.4 Å². The fourth-order valence-corrected chi connectivity index (χ4v) is 2.32. The minimum Gasteiger partial charge on any atom is -0.493 e. The molecular weight excluding hydrogens is 348 g/mol. The zero-order valence-corrected chi connectivity index (χ0v) is 15.7. The van der Waals surface area contributed by atoms with Gasteiger partial charge in [-0.1, -0.05) is 12.1 Å². The lowest BCUT2D eigenvalue weighted by atomic mass is 10.3. The van der Waals surface area contributed by atoms with E-state index in [2.05, 4.69) is 25.3 Å². The predicted molar refractivity (Wildman–Crippen MR) is 102 cm³/mol. The zero-order chi connectivity index (χ0) is 19.3. The van der Waals surface area contributed by atoms with E-state index in [-0.39, 0.29) is 5.69 Å². The molecule has 2 rings (SSSR count). The number of ether oxygens (including phenoxy) is 3. The second-order valence-electron chi connectivity index (χ2n) is 5.64. The molecule has 1 heterocycles. The van der Waals surface area contributed by atoms with Crippen LogP contribution in [-0.2, 0) is 4.74 Å². The van der Waals surface area contributed by atoms with Crippen LogP contribution in [0.2, 0.25) is 0 Å². The minimum absolute atomic E-state index is 0.239. The van der Waals surface area contributed by atoms with Gasteiger partial charge >= 0.3 is 5.97 Å². The van der Waals surface area contributed by atoms with Crippen LogP contribution >= 0.6 is 0 Å². The Hall–Kier alpha value is -2.87. The first kappa shape index (κ1) is 20.4. The molecule has 0 aliphatic rings. The molecule has 0 saturated heterocycles. The summed E-state index contributed by atoms with van der Waals surface area (Å²) >= 11 is 0. The number of benzene rings is 1. The van der Waals surface area contributed by atoms with Crippen LogP contribution in [0.3, 0.4) is 0 Å². The van der Waals surface area contributed by atoms with E-state index >= 15 is 0 Å². The molecule has 2 N–H and O–H groups in total. The number of hydrogen-bond donors (Lipinski definition) is 2. The van der Waals surface area contributed by atoms with Crippen LogP contribution in [0, 0.1) is 0 Å². The van der Waals surface area contributed by atoms with Gasteiger partial charge in [0.15, 0.2) is 17.2 Å². The minimum atomic E-state index is -0.475. The second kappa shape index (κ2) is 11.7. The van der Waals surface area contributed by atoms with Crippen molar-refractivity contribution in [3.05, 3.63) is 42.2 Å². The van der Waals surface area contributed by atoms with Crippen molar-refractivity contribution in [2.45, 2.75) is 12.8 Å². The number of nitrogens with one attached hydrogen (secondary N) is 2. The number of rotatable bonds is 12. The second-order valence-corrected chi connectivity index (χ2v) is 5.64. The highest BCUT2D eigenvalue weighted by molar-refractivity contribution is 5.87. The fraction of sp³-hybridized carbons (Fsp3) is 0.421. The van der Waals surface area contributed by atoms with Crippen molar-refractivity contribution in [3.63, 3.8) is 0 Å². The highest BCUT2D eigenvalue weighted by Crippen LogP contribution is 2.25. The van der Waals surface area contributed by atoms with Gasteiger partial charge in [-0.15, -0.1) is 0 Å². The number of anilines is 1. The molecule has 8 heteroatoms. The molecular formula is C19H26N4O4. The third kappa shape index (κ3) is 7.10. The van der Waals surface area contributed by atoms with Crippen molar-refractivity contribution in [2.75, 3.05) is 45.8 Å². The zero-order valence-electron chi connectivity index (χ0n) is 15.7. The van der Waals surface area contributed by atoms with Gasteiger partial charge in [0.1, 0.15) is 0 Å². The van der Waals surface area contributed by atoms with Gasteiger partial charge in [-0.25, -0.2) is 14.8 Å². The van der Waals surface area contributed by atoms with Crippen molar-refractivity contribution in [3.8, 4) is 11.5 Å². The summed E-state index contributed by atoms with van der Waals surface area (Å²) in [6.45, 7) is 3.05. The van der Waals surface area contributed by atoms with Gasteiger partial charge in [0.25, 0.3) is 0 Å². The van der Waals surface area contributed by atoms with E-state index in [1.165, 1.54) is 19.4 Å². The van der Waals surface area contributed by atoms with E-state index in [1.54, 1.807) is 7.11 Å². The maximum Gasteiger partial charge on any atom is 0.356 e. The monoisotopic (exact) mass is 374 g/mol. The van der Waals surface area contributed by atoms with Gasteiger partial charge in [0.05, 0.1) is 20.8 Å². The quantitative estimate of drug-likeness (QED) is 0.431. The third-order valence-corrected chi connectivity index (χ3v) is 3.69. The predicted octanol–water partition coefficient (Wildman–Crippen LogP) is 2.13. The molecule has 0 unspecified atom stereocenters. The summed E-state index contributed by atoms with van der Waals surface area (Å²) in [5.74, 6) is 1.45. The molecule has 146 valence electrons. The van der Waals surface area contributed by atoms with Crippen LogP contribution in [0.4, 0.5) is 5.95 Å². The number of para-hydroxylation sites is 2. The Morgan fingerprint density at radius 2 is 1.81 bits per heavy atom. The molecule has 1 aromatic carbocycles. The smallest absolute Gasteiger partial charge is 0.356 e. The molecule has 0 radical (unpaired) electrons. The summed E-state index contributed by atoms with van der Waals surface area (Å²) in [6, 6.07) is 9.14. The first-order chi connectivity index (χ1) is 13.2. The van der Waals surface area contributed by atoms with E-state index < -0.39 is 5.97 Å². The van der Waals surface area contributed by atoms with E-state index in [9.17, 15) is 4.79 Å². The lowest BCUT2D eigenvalue weighted by Crippen LogP contribution is -2.21. The van der Waals surface area contributed by atoms with Crippen LogP contribution in [0.1, 0.15) is 23.3 Å². The van der Waals surface area contributed by atoms with Crippen LogP contribution in [0.25, 0.3) is 0 Å². The fourth-order valence-electron chi connectivity index (χ4n) is 2.32. The lowest BCUT2D eigenvalue weighted by Gasteiger charge is -2.10. The molecule has 0 aliphatic heterocycles. The summed E-state index contributed by atoms with van der Waals surface area (Å²) in [7, 11) is 2.96. The molecule has 8 nitrogen and oxygen atoms in total. The van der Waals surface area contributed by atoms with Gasteiger partial charge in [-0.2, -0.15) is 0 Å². The average Bonchev–Trinajstić information content (AvgIpc) is 2.72. The molecule has 0 fully saturated rings. The molecule has 0 atom stereocenters. The first-order valence-corrected chi connectivity index (χ1v) is 8.86. The molecule has 2 aromatic rings. The van der Waals surface area contributed by atoms with Gasteiger partial charge in [-0.3, -0.25) is 0 Å². The Bertz CT molecular complexity index is 712. The summed E-state index contributed by atoms with van der Waals surface area (Å²) in [5, 5.41) is 6.45. The van der Waals surface area contributed by atoms with Crippen molar-refractivity contribution < 1.29 is 19.0 Å². The normalized spacial score (nSPS) is 10.3. The molecule has 0 bridgehead atoms. The molecule has 1 aromatic heterocycles. The number of methoxy groups -OCH3 is 2. The van der Waals surface area contributed by atoms with Crippen molar-refractivity contribution >= 4 is 11.9 Å². The maximum atomic E-state index is 11.4. The van der Waals surface area contributed by atoms with Crippen molar-refractivity contribution in [1.29, 1.82) is 0 Å². The topological polar surface area (TPSA) is 94.6 Å². The van der Waals surface area contributed by atoms with Crippen LogP contribution < -0.4 is 20.1 Å². The van der Waals surface area contributed by atoms with Gasteiger partial charge in [0.2, 0.25) is 5.95 Å². The number of carbonyl (C=O) groups is 1. The Balaban J connectivity index is 1.53. The Morgan fingerprint density at radius 1 is 1.04 bits per heavy atom. The number of aromatic nitrogens is 2. The van der Waals surface area contributed by atoms with Crippen molar-refractivity contribution in [1.82, 2.24) is 15.3 Å². The summed E-state index contributed by atoms with van der Waals surface area (Å²) in [6.07, 6.45) is 3.33. The highest BCUT2D eigenvalue weighted by Gasteiger charge is 2.07. The third-order valence-electron chi connectivity index (χ3n) is 3.69. The summed E-state index contributed by atoms with van der Waals surface area (Å²) in [5.41, 5.74) is 0.239. The lowest BCUT2D eigenvalue weighted by molar-refractivity contribution is 0.0594. The number of hydrogen-bond acceptors (Lipinski definition) is 8. The summed E-state index contributed by atoms with van der Waals surface area (Å²) in [4.78, 5) is 19.6. The first-order valence-electron chi connectivity index (χ1n) is 8.86. The van der Waals surface area contributed by atoms with Crippen LogP contribution in [0.15, 0.2) is 36.5 Å². The Kier molecular flexibility index (Phi) is 8.85. The van der Waals surface area contributed by atoms with Crippen LogP contribution in [0.5, 0.6) is 11.5 Å². The number of carbonyl (C=O) groups excluding carboxylic acids is 1. The van der Waals surface area contributed by atoms with Gasteiger partial charge in [0, 0.05) is 12.7 Å². The van der Waals surface area contributed by atoms with Gasteiger partial charge in [-0.05, 0) is 44.1 Å². The number of esters is 1. The molecule has 0 aliphatic carbocycles. The molecule has 0 amide bonds. The Labute approximate surface area is 159 Å². The van der Waals surface area contributed by atoms with Crippen molar-refractivity contribution in [2.24, 2.45) is 0 Å². The standard InChI is InChI=1S/C19H26N4O4/c1-25-16-7-3-4-8-17(16)27-14-6-11-20-10-5-12-21-19-22-13-9-15(23-19)18(24)26-2/h3-4,7-9,13,20H,5-6,10-12,14H2,1-2H3,(H,21,22,23). The maximum absolute atomic E-state index is 11.4. The number of nitrogens with zero attached hydrogens (tertiary/aromatic N) is 2. The average molecular weight is 374 g/mol. The van der Waals surface area contributed by atoms with E-state index in [0.717, 1.165) is 37.4 Å². The largest absolute Gasteiger partial charge is 0.493 e. The SMILES string of the molecule is COC(=O)c1ccnc(NCCCNCCCOc2ccccc2OC)n1. The van der Waals surface area contributed by atoms with Gasteiger partial charge < -0.3 is 24.8 Å². The van der Waals surface area contributed by atoms with E-state index in [0.29, 0.717) is 19.1 Å². The highest BCUT2D eigenvalue weighted by atomic mass is 16.5. The Morgan fingerprint density at radius 3 is 2.59 bits per heavy atom. The summed E-state index contributed by atoms with van der Waals surface area (Å²) < 4.78 is 15.6. The molecule has 0 saturated carbocycles. The van der Waals surface area contributed by atoms with E-state index in [1.807, 2.05) is 24.3 Å².